The Hall–Kier alpha value is -0.120. The van der Waals surface area contributed by atoms with Crippen LogP contribution in [0.3, 0.4) is 0 Å². The van der Waals surface area contributed by atoms with Gasteiger partial charge >= 0.3 is 0 Å². The van der Waals surface area contributed by atoms with Crippen LogP contribution in [-0.4, -0.2) is 61.7 Å². The van der Waals surface area contributed by atoms with Crippen LogP contribution >= 0.6 is 0 Å². The molecule has 0 bridgehead atoms. The van der Waals surface area contributed by atoms with Crippen molar-refractivity contribution in [2.45, 2.75) is 39.3 Å². The first-order valence-corrected chi connectivity index (χ1v) is 6.25. The van der Waals surface area contributed by atoms with E-state index in [2.05, 4.69) is 42.9 Å². The first-order valence-electron chi connectivity index (χ1n) is 6.25. The van der Waals surface area contributed by atoms with Crippen LogP contribution in [-0.2, 0) is 0 Å². The van der Waals surface area contributed by atoms with E-state index in [1.54, 1.807) is 0 Å². The molecule has 1 rings (SSSR count). The van der Waals surface area contributed by atoms with E-state index in [9.17, 15) is 0 Å². The van der Waals surface area contributed by atoms with Gasteiger partial charge in [-0.3, -0.25) is 4.90 Å². The van der Waals surface area contributed by atoms with E-state index in [0.717, 1.165) is 6.54 Å². The molecule has 1 saturated heterocycles. The third kappa shape index (κ3) is 4.96. The van der Waals surface area contributed by atoms with Gasteiger partial charge in [0.15, 0.2) is 0 Å². The summed E-state index contributed by atoms with van der Waals surface area (Å²) in [5.41, 5.74) is 0. The summed E-state index contributed by atoms with van der Waals surface area (Å²) in [6.07, 6.45) is 1.31. The van der Waals surface area contributed by atoms with Crippen molar-refractivity contribution in [1.82, 2.24) is 15.1 Å². The number of hydrogen-bond acceptors (Lipinski definition) is 3. The van der Waals surface area contributed by atoms with Gasteiger partial charge in [0.1, 0.15) is 0 Å². The second kappa shape index (κ2) is 6.46. The molecule has 0 saturated carbocycles. The van der Waals surface area contributed by atoms with E-state index >= 15 is 0 Å². The number of nitrogens with one attached hydrogen (secondary N) is 1. The second-order valence-corrected chi connectivity index (χ2v) is 5.10. The van der Waals surface area contributed by atoms with Crippen molar-refractivity contribution in [1.29, 1.82) is 0 Å². The van der Waals surface area contributed by atoms with E-state index in [1.807, 2.05) is 0 Å². The van der Waals surface area contributed by atoms with Crippen molar-refractivity contribution >= 4 is 0 Å². The zero-order valence-electron chi connectivity index (χ0n) is 10.8. The minimum absolute atomic E-state index is 0.599. The number of rotatable bonds is 4. The maximum absolute atomic E-state index is 3.52. The molecule has 1 unspecified atom stereocenters. The lowest BCUT2D eigenvalue weighted by Gasteiger charge is -2.28. The summed E-state index contributed by atoms with van der Waals surface area (Å²) in [6.45, 7) is 12.8. The lowest BCUT2D eigenvalue weighted by Crippen LogP contribution is -2.43. The summed E-state index contributed by atoms with van der Waals surface area (Å²) in [6, 6.07) is 1.26. The van der Waals surface area contributed by atoms with Gasteiger partial charge in [-0.05, 0) is 33.5 Å². The van der Waals surface area contributed by atoms with Gasteiger partial charge in [0.25, 0.3) is 0 Å². The fourth-order valence-electron chi connectivity index (χ4n) is 2.04. The Morgan fingerprint density at radius 2 is 1.80 bits per heavy atom. The van der Waals surface area contributed by atoms with Crippen LogP contribution in [0.15, 0.2) is 0 Å². The highest BCUT2D eigenvalue weighted by molar-refractivity contribution is 4.74. The highest BCUT2D eigenvalue weighted by Gasteiger charge is 2.17. The first kappa shape index (κ1) is 12.9. The zero-order valence-corrected chi connectivity index (χ0v) is 10.8. The van der Waals surface area contributed by atoms with Gasteiger partial charge in [-0.1, -0.05) is 13.8 Å². The van der Waals surface area contributed by atoms with Crippen LogP contribution in [0.5, 0.6) is 0 Å². The van der Waals surface area contributed by atoms with Crippen molar-refractivity contribution in [3.05, 3.63) is 0 Å². The fourth-order valence-corrected chi connectivity index (χ4v) is 2.04. The molecule has 0 aromatic rings. The first-order chi connectivity index (χ1) is 7.09. The Labute approximate surface area is 94.8 Å². The second-order valence-electron chi connectivity index (χ2n) is 5.10. The van der Waals surface area contributed by atoms with E-state index in [4.69, 9.17) is 0 Å². The van der Waals surface area contributed by atoms with Crippen LogP contribution < -0.4 is 5.32 Å². The highest BCUT2D eigenvalue weighted by Crippen LogP contribution is 2.05. The lowest BCUT2D eigenvalue weighted by atomic mass is 10.2. The average molecular weight is 213 g/mol. The third-order valence-corrected chi connectivity index (χ3v) is 3.20. The van der Waals surface area contributed by atoms with E-state index in [0.29, 0.717) is 12.1 Å². The maximum Gasteiger partial charge on any atom is 0.0193 e. The molecule has 1 heterocycles. The molecular weight excluding hydrogens is 186 g/mol. The van der Waals surface area contributed by atoms with Crippen LogP contribution in [0.25, 0.3) is 0 Å². The Bertz CT molecular complexity index is 170. The quantitative estimate of drug-likeness (QED) is 0.752. The monoisotopic (exact) mass is 213 g/mol. The summed E-state index contributed by atoms with van der Waals surface area (Å²) in [5.74, 6) is 0. The summed E-state index contributed by atoms with van der Waals surface area (Å²) in [7, 11) is 2.22. The van der Waals surface area contributed by atoms with Crippen LogP contribution in [0.1, 0.15) is 27.2 Å². The molecule has 0 aromatic carbocycles. The number of hydrogen-bond donors (Lipinski definition) is 1. The van der Waals surface area contributed by atoms with Gasteiger partial charge in [-0.2, -0.15) is 0 Å². The predicted octanol–water partition coefficient (Wildman–Crippen LogP) is 1.01. The molecule has 0 amide bonds. The molecular formula is C12H27N3. The molecule has 90 valence electrons. The standard InChI is InChI=1S/C12H27N3/c1-11(2)13-10-12(3)15-7-5-6-14(4)8-9-15/h11-13H,5-10H2,1-4H3. The molecule has 1 atom stereocenters. The van der Waals surface area contributed by atoms with E-state index < -0.39 is 0 Å². The largest absolute Gasteiger partial charge is 0.313 e. The summed E-state index contributed by atoms with van der Waals surface area (Å²) in [4.78, 5) is 5.04. The molecule has 0 aliphatic carbocycles. The van der Waals surface area contributed by atoms with Crippen LogP contribution in [0.2, 0.25) is 0 Å². The van der Waals surface area contributed by atoms with Gasteiger partial charge in [0.2, 0.25) is 0 Å². The number of likely N-dealkylation sites (N-methyl/N-ethyl adjacent to an activating group) is 1. The Morgan fingerprint density at radius 3 is 2.47 bits per heavy atom. The molecule has 0 aromatic heterocycles. The van der Waals surface area contributed by atoms with Crippen molar-refractivity contribution in [3.8, 4) is 0 Å². The van der Waals surface area contributed by atoms with Crippen molar-refractivity contribution in [2.24, 2.45) is 0 Å². The normalized spacial score (nSPS) is 23.0. The molecule has 1 fully saturated rings. The molecule has 3 heteroatoms. The van der Waals surface area contributed by atoms with Gasteiger partial charge < -0.3 is 10.2 Å². The summed E-state index contributed by atoms with van der Waals surface area (Å²) < 4.78 is 0. The Balaban J connectivity index is 2.28. The smallest absolute Gasteiger partial charge is 0.0193 e. The van der Waals surface area contributed by atoms with Crippen molar-refractivity contribution in [3.63, 3.8) is 0 Å². The maximum atomic E-state index is 3.52. The lowest BCUT2D eigenvalue weighted by molar-refractivity contribution is 0.208. The Morgan fingerprint density at radius 1 is 1.07 bits per heavy atom. The van der Waals surface area contributed by atoms with E-state index in [1.165, 1.54) is 32.6 Å². The van der Waals surface area contributed by atoms with Crippen LogP contribution in [0.4, 0.5) is 0 Å². The molecule has 15 heavy (non-hydrogen) atoms. The Kier molecular flexibility index (Phi) is 5.58. The molecule has 1 aliphatic heterocycles. The van der Waals surface area contributed by atoms with Gasteiger partial charge in [-0.15, -0.1) is 0 Å². The fraction of sp³-hybridized carbons (Fsp3) is 1.00. The number of nitrogens with zero attached hydrogens (tertiary/aromatic N) is 2. The summed E-state index contributed by atoms with van der Waals surface area (Å²) in [5, 5.41) is 3.52. The molecule has 1 N–H and O–H groups in total. The highest BCUT2D eigenvalue weighted by atomic mass is 15.2. The summed E-state index contributed by atoms with van der Waals surface area (Å²) >= 11 is 0. The topological polar surface area (TPSA) is 18.5 Å². The minimum Gasteiger partial charge on any atom is -0.313 e. The van der Waals surface area contributed by atoms with Gasteiger partial charge in [0, 0.05) is 31.7 Å². The van der Waals surface area contributed by atoms with E-state index in [-0.39, 0.29) is 0 Å². The molecule has 0 spiro atoms. The predicted molar refractivity (Wildman–Crippen MR) is 66.3 cm³/mol. The SMILES string of the molecule is CC(C)NCC(C)N1CCCN(C)CC1. The molecule has 0 radical (unpaired) electrons. The zero-order chi connectivity index (χ0) is 11.3. The van der Waals surface area contributed by atoms with Crippen molar-refractivity contribution in [2.75, 3.05) is 39.8 Å². The van der Waals surface area contributed by atoms with Crippen LogP contribution in [0, 0.1) is 0 Å². The van der Waals surface area contributed by atoms with Gasteiger partial charge in [-0.25, -0.2) is 0 Å². The molecule has 1 aliphatic rings. The minimum atomic E-state index is 0.599. The third-order valence-electron chi connectivity index (χ3n) is 3.20. The van der Waals surface area contributed by atoms with Gasteiger partial charge in [0.05, 0.1) is 0 Å². The average Bonchev–Trinajstić information content (AvgIpc) is 2.39. The van der Waals surface area contributed by atoms with Crippen molar-refractivity contribution < 1.29 is 0 Å². The molecule has 3 nitrogen and oxygen atoms in total.